The standard InChI is InChI=1S/C18H27N3O/c1-3-21-9-5-4-6-18(21)15(11-19)16-12-20-17-8-7-13(22-2)10-14(16)17/h7-8,10,12,15,18,20H,3-6,9,11,19H2,1-2H3. The third-order valence-corrected chi connectivity index (χ3v) is 5.11. The van der Waals surface area contributed by atoms with E-state index in [9.17, 15) is 0 Å². The number of ether oxygens (including phenoxy) is 1. The van der Waals surface area contributed by atoms with Crippen molar-refractivity contribution in [1.82, 2.24) is 9.88 Å². The molecule has 3 rings (SSSR count). The van der Waals surface area contributed by atoms with Gasteiger partial charge in [0.2, 0.25) is 0 Å². The first kappa shape index (κ1) is 15.4. The zero-order valence-corrected chi connectivity index (χ0v) is 13.6. The zero-order valence-electron chi connectivity index (χ0n) is 13.6. The van der Waals surface area contributed by atoms with Gasteiger partial charge < -0.3 is 20.4 Å². The molecule has 3 N–H and O–H groups in total. The average molecular weight is 301 g/mol. The highest BCUT2D eigenvalue weighted by atomic mass is 16.5. The van der Waals surface area contributed by atoms with E-state index in [0.717, 1.165) is 17.8 Å². The van der Waals surface area contributed by atoms with Crippen molar-refractivity contribution in [2.75, 3.05) is 26.7 Å². The fourth-order valence-corrected chi connectivity index (χ4v) is 3.91. The van der Waals surface area contributed by atoms with Crippen molar-refractivity contribution >= 4 is 10.9 Å². The van der Waals surface area contributed by atoms with Crippen LogP contribution in [0.2, 0.25) is 0 Å². The quantitative estimate of drug-likeness (QED) is 0.892. The lowest BCUT2D eigenvalue weighted by Crippen LogP contribution is -2.45. The number of nitrogens with two attached hydrogens (primary N) is 1. The van der Waals surface area contributed by atoms with Gasteiger partial charge in [0.05, 0.1) is 7.11 Å². The number of fused-ring (bicyclic) bond motifs is 1. The number of likely N-dealkylation sites (N-methyl/N-ethyl adjacent to an activating group) is 1. The Morgan fingerprint density at radius 1 is 1.41 bits per heavy atom. The molecule has 2 aromatic rings. The van der Waals surface area contributed by atoms with Crippen LogP contribution >= 0.6 is 0 Å². The SMILES string of the molecule is CCN1CCCCC1C(CN)c1c[nH]c2ccc(OC)cc12. The molecule has 0 bridgehead atoms. The summed E-state index contributed by atoms with van der Waals surface area (Å²) in [4.78, 5) is 5.99. The highest BCUT2D eigenvalue weighted by Gasteiger charge is 2.30. The molecule has 1 aromatic carbocycles. The normalized spacial score (nSPS) is 21.1. The summed E-state index contributed by atoms with van der Waals surface area (Å²) in [6.45, 7) is 5.24. The van der Waals surface area contributed by atoms with Crippen LogP contribution in [0.1, 0.15) is 37.7 Å². The van der Waals surface area contributed by atoms with Crippen molar-refractivity contribution in [3.05, 3.63) is 30.0 Å². The second-order valence-electron chi connectivity index (χ2n) is 6.19. The van der Waals surface area contributed by atoms with Gasteiger partial charge in [-0.25, -0.2) is 0 Å². The molecule has 1 saturated heterocycles. The molecular weight excluding hydrogens is 274 g/mol. The Labute approximate surface area is 132 Å². The molecule has 0 aliphatic carbocycles. The van der Waals surface area contributed by atoms with E-state index in [1.165, 1.54) is 36.8 Å². The number of rotatable bonds is 5. The van der Waals surface area contributed by atoms with E-state index in [4.69, 9.17) is 10.5 Å². The van der Waals surface area contributed by atoms with E-state index >= 15 is 0 Å². The summed E-state index contributed by atoms with van der Waals surface area (Å²) in [5.41, 5.74) is 8.70. The Morgan fingerprint density at radius 2 is 2.27 bits per heavy atom. The summed E-state index contributed by atoms with van der Waals surface area (Å²) in [6.07, 6.45) is 6.00. The first-order chi connectivity index (χ1) is 10.8. The molecule has 4 nitrogen and oxygen atoms in total. The van der Waals surface area contributed by atoms with Crippen molar-refractivity contribution < 1.29 is 4.74 Å². The Bertz CT molecular complexity index is 622. The number of hydrogen-bond donors (Lipinski definition) is 2. The molecule has 1 fully saturated rings. The van der Waals surface area contributed by atoms with Crippen LogP contribution in [0.5, 0.6) is 5.75 Å². The molecule has 2 heterocycles. The van der Waals surface area contributed by atoms with Crippen LogP contribution in [0.4, 0.5) is 0 Å². The minimum Gasteiger partial charge on any atom is -0.497 e. The third-order valence-electron chi connectivity index (χ3n) is 5.11. The summed E-state index contributed by atoms with van der Waals surface area (Å²) in [5, 5.41) is 1.25. The molecular formula is C18H27N3O. The number of methoxy groups -OCH3 is 1. The van der Waals surface area contributed by atoms with Crippen molar-refractivity contribution in [2.45, 2.75) is 38.1 Å². The van der Waals surface area contributed by atoms with Gasteiger partial charge in [0.25, 0.3) is 0 Å². The zero-order chi connectivity index (χ0) is 15.5. The van der Waals surface area contributed by atoms with Crippen LogP contribution in [0.15, 0.2) is 24.4 Å². The number of nitrogens with zero attached hydrogens (tertiary/aromatic N) is 1. The molecule has 1 aromatic heterocycles. The van der Waals surface area contributed by atoms with E-state index in [0.29, 0.717) is 18.5 Å². The number of likely N-dealkylation sites (tertiary alicyclic amines) is 1. The maximum absolute atomic E-state index is 6.20. The fraction of sp³-hybridized carbons (Fsp3) is 0.556. The minimum atomic E-state index is 0.376. The smallest absolute Gasteiger partial charge is 0.119 e. The lowest BCUT2D eigenvalue weighted by Gasteiger charge is -2.39. The minimum absolute atomic E-state index is 0.376. The monoisotopic (exact) mass is 301 g/mol. The number of piperidine rings is 1. The van der Waals surface area contributed by atoms with Crippen LogP contribution in [-0.4, -0.2) is 42.7 Å². The first-order valence-electron chi connectivity index (χ1n) is 8.37. The Balaban J connectivity index is 1.99. The maximum atomic E-state index is 6.20. The van der Waals surface area contributed by atoms with E-state index in [1.807, 2.05) is 6.07 Å². The fourth-order valence-electron chi connectivity index (χ4n) is 3.91. The highest BCUT2D eigenvalue weighted by Crippen LogP contribution is 2.35. The number of hydrogen-bond acceptors (Lipinski definition) is 3. The molecule has 22 heavy (non-hydrogen) atoms. The predicted molar refractivity (Wildman–Crippen MR) is 91.5 cm³/mol. The van der Waals surface area contributed by atoms with Crippen LogP contribution in [0.3, 0.4) is 0 Å². The van der Waals surface area contributed by atoms with Crippen LogP contribution in [0.25, 0.3) is 10.9 Å². The highest BCUT2D eigenvalue weighted by molar-refractivity contribution is 5.85. The van der Waals surface area contributed by atoms with Gasteiger partial charge in [0.1, 0.15) is 5.75 Å². The maximum Gasteiger partial charge on any atom is 0.119 e. The molecule has 0 amide bonds. The Morgan fingerprint density at radius 3 is 3.00 bits per heavy atom. The van der Waals surface area contributed by atoms with E-state index in [1.54, 1.807) is 7.11 Å². The first-order valence-corrected chi connectivity index (χ1v) is 8.37. The summed E-state index contributed by atoms with van der Waals surface area (Å²) in [5.74, 6) is 1.28. The largest absolute Gasteiger partial charge is 0.497 e. The number of aromatic amines is 1. The molecule has 1 aliphatic rings. The summed E-state index contributed by atoms with van der Waals surface area (Å²) < 4.78 is 5.39. The second-order valence-corrected chi connectivity index (χ2v) is 6.19. The summed E-state index contributed by atoms with van der Waals surface area (Å²) in [7, 11) is 1.72. The molecule has 0 spiro atoms. The van der Waals surface area contributed by atoms with E-state index in [2.05, 4.69) is 35.1 Å². The summed E-state index contributed by atoms with van der Waals surface area (Å²) >= 11 is 0. The molecule has 1 aliphatic heterocycles. The Kier molecular flexibility index (Phi) is 4.69. The van der Waals surface area contributed by atoms with Crippen LogP contribution < -0.4 is 10.5 Å². The topological polar surface area (TPSA) is 54.3 Å². The van der Waals surface area contributed by atoms with Crippen LogP contribution in [-0.2, 0) is 0 Å². The molecule has 2 atom stereocenters. The van der Waals surface area contributed by atoms with Gasteiger partial charge in [-0.05, 0) is 49.7 Å². The Hall–Kier alpha value is -1.52. The van der Waals surface area contributed by atoms with Gasteiger partial charge in [-0.3, -0.25) is 0 Å². The number of nitrogens with one attached hydrogen (secondary N) is 1. The van der Waals surface area contributed by atoms with E-state index < -0.39 is 0 Å². The van der Waals surface area contributed by atoms with Crippen molar-refractivity contribution in [1.29, 1.82) is 0 Å². The molecule has 4 heteroatoms. The van der Waals surface area contributed by atoms with Crippen molar-refractivity contribution in [3.8, 4) is 5.75 Å². The van der Waals surface area contributed by atoms with Gasteiger partial charge in [-0.1, -0.05) is 13.3 Å². The lowest BCUT2D eigenvalue weighted by molar-refractivity contribution is 0.134. The molecule has 0 radical (unpaired) electrons. The van der Waals surface area contributed by atoms with Gasteiger partial charge in [0.15, 0.2) is 0 Å². The second kappa shape index (κ2) is 6.71. The van der Waals surface area contributed by atoms with Gasteiger partial charge in [0, 0.05) is 35.6 Å². The van der Waals surface area contributed by atoms with Crippen molar-refractivity contribution in [2.24, 2.45) is 5.73 Å². The predicted octanol–water partition coefficient (Wildman–Crippen LogP) is 3.09. The average Bonchev–Trinajstić information content (AvgIpc) is 2.99. The van der Waals surface area contributed by atoms with Gasteiger partial charge >= 0.3 is 0 Å². The molecule has 2 unspecified atom stereocenters. The third kappa shape index (κ3) is 2.73. The molecule has 0 saturated carbocycles. The number of H-pyrrole nitrogens is 1. The van der Waals surface area contributed by atoms with Crippen LogP contribution in [0, 0.1) is 0 Å². The molecule has 120 valence electrons. The number of benzene rings is 1. The van der Waals surface area contributed by atoms with Crippen molar-refractivity contribution in [3.63, 3.8) is 0 Å². The summed E-state index contributed by atoms with van der Waals surface area (Å²) in [6, 6.07) is 6.76. The van der Waals surface area contributed by atoms with Gasteiger partial charge in [-0.2, -0.15) is 0 Å². The lowest BCUT2D eigenvalue weighted by atomic mass is 9.85. The number of aromatic nitrogens is 1. The van der Waals surface area contributed by atoms with E-state index in [-0.39, 0.29) is 0 Å². The van der Waals surface area contributed by atoms with Gasteiger partial charge in [-0.15, -0.1) is 0 Å².